The summed E-state index contributed by atoms with van der Waals surface area (Å²) in [6.07, 6.45) is 1.70. The fraction of sp³-hybridized carbons (Fsp3) is 0.424. The average molecular weight is 639 g/mol. The van der Waals surface area contributed by atoms with Crippen molar-refractivity contribution in [2.24, 2.45) is 5.73 Å². The molecule has 0 aliphatic carbocycles. The van der Waals surface area contributed by atoms with Crippen molar-refractivity contribution in [2.45, 2.75) is 13.3 Å². The number of nitrogens with one attached hydrogen (secondary N) is 1. The molecular formula is C33H42N4O7S. The maximum absolute atomic E-state index is 11.5. The number of thiophene rings is 1. The van der Waals surface area contributed by atoms with Crippen LogP contribution < -0.4 is 20.5 Å². The van der Waals surface area contributed by atoms with Gasteiger partial charge in [0.25, 0.3) is 0 Å². The smallest absolute Gasteiger partial charge is 0.162 e. The molecule has 0 aliphatic heterocycles. The van der Waals surface area contributed by atoms with Crippen LogP contribution in [0.4, 0.5) is 5.82 Å². The minimum absolute atomic E-state index is 0.344. The highest BCUT2D eigenvalue weighted by molar-refractivity contribution is 7.15. The van der Waals surface area contributed by atoms with Crippen LogP contribution in [0.3, 0.4) is 0 Å². The van der Waals surface area contributed by atoms with Crippen molar-refractivity contribution in [3.63, 3.8) is 0 Å². The van der Waals surface area contributed by atoms with Crippen LogP contribution in [-0.4, -0.2) is 95.9 Å². The molecule has 0 aliphatic rings. The molecule has 11 nitrogen and oxygen atoms in total. The second-order valence-corrected chi connectivity index (χ2v) is 11.0. The first kappa shape index (κ1) is 34.2. The van der Waals surface area contributed by atoms with Crippen molar-refractivity contribution < 1.29 is 33.2 Å². The van der Waals surface area contributed by atoms with Crippen LogP contribution in [0, 0.1) is 6.92 Å². The summed E-state index contributed by atoms with van der Waals surface area (Å²) in [5.41, 5.74) is 7.78. The number of aryl methyl sites for hydroxylation is 1. The van der Waals surface area contributed by atoms with E-state index in [1.807, 2.05) is 43.3 Å². The zero-order chi connectivity index (χ0) is 31.7. The largest absolute Gasteiger partial charge is 0.493 e. The van der Waals surface area contributed by atoms with Crippen LogP contribution >= 0.6 is 11.3 Å². The summed E-state index contributed by atoms with van der Waals surface area (Å²) in [6.45, 7) is 7.31. The van der Waals surface area contributed by atoms with E-state index in [9.17, 15) is 4.79 Å². The highest BCUT2D eigenvalue weighted by Gasteiger charge is 2.14. The van der Waals surface area contributed by atoms with Crippen molar-refractivity contribution >= 4 is 34.3 Å². The number of anilines is 1. The monoisotopic (exact) mass is 638 g/mol. The van der Waals surface area contributed by atoms with E-state index in [1.165, 1.54) is 4.88 Å². The fourth-order valence-corrected chi connectivity index (χ4v) is 5.56. The van der Waals surface area contributed by atoms with E-state index in [0.29, 0.717) is 95.4 Å². The average Bonchev–Trinajstić information content (AvgIpc) is 3.53. The maximum atomic E-state index is 11.5. The summed E-state index contributed by atoms with van der Waals surface area (Å²) in [5.74, 6) is 2.56. The summed E-state index contributed by atoms with van der Waals surface area (Å²) in [5, 5.41) is 4.32. The Kier molecular flexibility index (Phi) is 14.4. The summed E-state index contributed by atoms with van der Waals surface area (Å²) in [6, 6.07) is 15.6. The van der Waals surface area contributed by atoms with Gasteiger partial charge in [-0.3, -0.25) is 4.79 Å². The Morgan fingerprint density at radius 3 is 2.22 bits per heavy atom. The quantitative estimate of drug-likeness (QED) is 0.0927. The molecule has 0 unspecified atom stereocenters. The zero-order valence-corrected chi connectivity index (χ0v) is 26.7. The predicted molar refractivity (Wildman–Crippen MR) is 176 cm³/mol. The second kappa shape index (κ2) is 19.0. The van der Waals surface area contributed by atoms with Gasteiger partial charge in [-0.2, -0.15) is 0 Å². The van der Waals surface area contributed by atoms with E-state index in [1.54, 1.807) is 18.4 Å². The lowest BCUT2D eigenvalue weighted by atomic mass is 10.1. The number of hydrogen-bond donors (Lipinski definition) is 2. The molecule has 0 radical (unpaired) electrons. The fourth-order valence-electron chi connectivity index (χ4n) is 4.50. The van der Waals surface area contributed by atoms with Crippen LogP contribution in [0.25, 0.3) is 21.3 Å². The molecule has 12 heteroatoms. The van der Waals surface area contributed by atoms with Crippen LogP contribution in [0.15, 0.2) is 48.5 Å². The van der Waals surface area contributed by atoms with Gasteiger partial charge in [0, 0.05) is 45.4 Å². The van der Waals surface area contributed by atoms with Crippen molar-refractivity contribution in [3.8, 4) is 21.9 Å². The molecule has 45 heavy (non-hydrogen) atoms. The third kappa shape index (κ3) is 10.7. The van der Waals surface area contributed by atoms with Crippen LogP contribution in [0.1, 0.15) is 21.1 Å². The number of hydrogen-bond acceptors (Lipinski definition) is 12. The van der Waals surface area contributed by atoms with E-state index in [4.69, 9.17) is 34.2 Å². The summed E-state index contributed by atoms with van der Waals surface area (Å²) in [4.78, 5) is 23.0. The van der Waals surface area contributed by atoms with Crippen LogP contribution in [0.2, 0.25) is 0 Å². The van der Waals surface area contributed by atoms with Crippen LogP contribution in [-0.2, 0) is 25.4 Å². The molecule has 0 fully saturated rings. The molecule has 3 N–H and O–H groups in total. The number of fused-ring (bicyclic) bond motifs is 1. The molecule has 4 rings (SSSR count). The molecule has 0 atom stereocenters. The number of rotatable bonds is 22. The van der Waals surface area contributed by atoms with Gasteiger partial charge >= 0.3 is 0 Å². The number of carbonyl (C=O) groups excluding carboxylic acids is 1. The predicted octanol–water partition coefficient (Wildman–Crippen LogP) is 4.55. The van der Waals surface area contributed by atoms with Crippen molar-refractivity contribution in [3.05, 3.63) is 64.8 Å². The van der Waals surface area contributed by atoms with Gasteiger partial charge in [0.05, 0.1) is 65.5 Å². The molecule has 0 saturated heterocycles. The van der Waals surface area contributed by atoms with E-state index in [2.05, 4.69) is 27.4 Å². The van der Waals surface area contributed by atoms with Gasteiger partial charge in [-0.15, -0.1) is 11.3 Å². The molecule has 242 valence electrons. The third-order valence-corrected chi connectivity index (χ3v) is 7.81. The van der Waals surface area contributed by atoms with Gasteiger partial charge in [0.15, 0.2) is 17.8 Å². The molecule has 4 aromatic rings. The lowest BCUT2D eigenvalue weighted by molar-refractivity contribution is -0.00392. The molecule has 0 saturated carbocycles. The number of carbonyl (C=O) groups is 1. The van der Waals surface area contributed by atoms with E-state index in [-0.39, 0.29) is 0 Å². The lowest BCUT2D eigenvalue weighted by Gasteiger charge is -2.15. The molecule has 0 bridgehead atoms. The van der Waals surface area contributed by atoms with E-state index in [0.717, 1.165) is 39.9 Å². The van der Waals surface area contributed by atoms with Gasteiger partial charge in [0.2, 0.25) is 0 Å². The van der Waals surface area contributed by atoms with Gasteiger partial charge in [-0.1, -0.05) is 24.3 Å². The Hall–Kier alpha value is -3.65. The Morgan fingerprint density at radius 1 is 0.844 bits per heavy atom. The molecule has 2 heterocycles. The van der Waals surface area contributed by atoms with Gasteiger partial charge in [-0.05, 0) is 31.5 Å². The normalized spacial score (nSPS) is 11.2. The summed E-state index contributed by atoms with van der Waals surface area (Å²) >= 11 is 1.69. The highest BCUT2D eigenvalue weighted by Crippen LogP contribution is 2.35. The van der Waals surface area contributed by atoms with Crippen molar-refractivity contribution in [1.82, 2.24) is 9.97 Å². The number of benzene rings is 2. The zero-order valence-electron chi connectivity index (χ0n) is 25.9. The molecule has 0 spiro atoms. The van der Waals surface area contributed by atoms with Crippen LogP contribution in [0.5, 0.6) is 11.5 Å². The number of aldehydes is 1. The molecule has 2 aromatic heterocycles. The van der Waals surface area contributed by atoms with Gasteiger partial charge in [0.1, 0.15) is 18.2 Å². The van der Waals surface area contributed by atoms with Gasteiger partial charge < -0.3 is 39.5 Å². The van der Waals surface area contributed by atoms with Crippen molar-refractivity contribution in [2.75, 3.05) is 85.0 Å². The second-order valence-electron chi connectivity index (χ2n) is 9.87. The number of methoxy groups -OCH3 is 1. The number of nitrogens with two attached hydrogens (primary N) is 1. The Bertz CT molecular complexity index is 1480. The Labute approximate surface area is 268 Å². The lowest BCUT2D eigenvalue weighted by Crippen LogP contribution is -2.15. The maximum Gasteiger partial charge on any atom is 0.162 e. The topological polar surface area (TPSA) is 136 Å². The van der Waals surface area contributed by atoms with E-state index < -0.39 is 0 Å². The van der Waals surface area contributed by atoms with Gasteiger partial charge in [-0.25, -0.2) is 9.97 Å². The number of nitrogens with zero attached hydrogens (tertiary/aromatic N) is 2. The first-order valence-electron chi connectivity index (χ1n) is 15.0. The minimum atomic E-state index is 0.344. The SMILES string of the molecule is COc1cc2nc(C)nc(NCCc3ccc(-c4ccccc4C=O)s3)c2cc1OCCOCCOCCOCCOCCN. The number of ether oxygens (including phenoxy) is 6. The minimum Gasteiger partial charge on any atom is -0.493 e. The van der Waals surface area contributed by atoms with E-state index >= 15 is 0 Å². The molecule has 2 aromatic carbocycles. The summed E-state index contributed by atoms with van der Waals surface area (Å²) in [7, 11) is 1.61. The van der Waals surface area contributed by atoms with Crippen molar-refractivity contribution in [1.29, 1.82) is 0 Å². The molecule has 0 amide bonds. The first-order valence-corrected chi connectivity index (χ1v) is 15.8. The Balaban J connectivity index is 1.24. The third-order valence-electron chi connectivity index (χ3n) is 6.64. The standard InChI is InChI=1S/C33H42N4O7S/c1-24-36-29-22-30(39-2)31(44-20-19-43-18-17-42-16-15-41-14-13-40-12-10-34)21-28(29)33(37-24)35-11-9-26-7-8-32(45-26)27-6-4-3-5-25(27)23-38/h3-8,21-23H,9-20,34H2,1-2H3,(H,35,36,37). The number of aromatic nitrogens is 2. The summed E-state index contributed by atoms with van der Waals surface area (Å²) < 4.78 is 33.4. The highest BCUT2D eigenvalue weighted by atomic mass is 32.1. The first-order chi connectivity index (χ1) is 22.1. The Morgan fingerprint density at radius 2 is 1.53 bits per heavy atom. The molecular weight excluding hydrogens is 596 g/mol.